The first-order valence-corrected chi connectivity index (χ1v) is 3.72. The summed E-state index contributed by atoms with van der Waals surface area (Å²) in [6, 6.07) is 0. The van der Waals surface area contributed by atoms with E-state index in [9.17, 15) is 53.4 Å². The van der Waals surface area contributed by atoms with Gasteiger partial charge in [-0.15, -0.1) is 0 Å². The second-order valence-electron chi connectivity index (χ2n) is 3.12. The fourth-order valence-corrected chi connectivity index (χ4v) is 1.01. The van der Waals surface area contributed by atoms with Gasteiger partial charge in [0.1, 0.15) is 6.61 Å². The molecule has 1 nitrogen and oxygen atoms in total. The molecule has 0 aromatic carbocycles. The lowest BCUT2D eigenvalue weighted by Crippen LogP contribution is -2.67. The van der Waals surface area contributed by atoms with E-state index in [2.05, 4.69) is 0 Å². The van der Waals surface area contributed by atoms with Gasteiger partial charge in [0.25, 0.3) is 5.41 Å². The molecule has 0 aromatic rings. The van der Waals surface area contributed by atoms with Gasteiger partial charge in [0.15, 0.2) is 0 Å². The third-order valence-corrected chi connectivity index (χ3v) is 2.08. The largest absolute Gasteiger partial charge is 0.454 e. The Labute approximate surface area is 91.2 Å². The fourth-order valence-electron chi connectivity index (χ4n) is 1.01. The number of rotatable bonds is 2. The van der Waals surface area contributed by atoms with E-state index >= 15 is 0 Å². The molecule has 109 valence electrons. The zero-order valence-corrected chi connectivity index (χ0v) is 7.77. The molecule has 0 atom stereocenters. The van der Waals surface area contributed by atoms with Crippen LogP contribution in [0, 0.1) is 5.41 Å². The average Bonchev–Trinajstić information content (AvgIpc) is 1.96. The van der Waals surface area contributed by atoms with Crippen molar-refractivity contribution < 1.29 is 53.4 Å². The van der Waals surface area contributed by atoms with Crippen molar-refractivity contribution in [3.05, 3.63) is 0 Å². The van der Waals surface area contributed by atoms with Gasteiger partial charge in [0.05, 0.1) is 0 Å². The SMILES string of the molecule is [O]CC(C(F)(F)F)(C(F)(F)F)C(F)(F)C(F)(F)F. The lowest BCUT2D eigenvalue weighted by atomic mass is 9.79. The molecule has 0 saturated heterocycles. The summed E-state index contributed by atoms with van der Waals surface area (Å²) in [4.78, 5) is 0. The molecule has 0 aliphatic heterocycles. The minimum absolute atomic E-state index is 3.74. The summed E-state index contributed by atoms with van der Waals surface area (Å²) < 4.78 is 132. The van der Waals surface area contributed by atoms with Gasteiger partial charge in [0.2, 0.25) is 0 Å². The van der Waals surface area contributed by atoms with Crippen molar-refractivity contribution in [2.75, 3.05) is 6.61 Å². The zero-order valence-electron chi connectivity index (χ0n) is 7.77. The van der Waals surface area contributed by atoms with E-state index in [1.165, 1.54) is 0 Å². The zero-order chi connectivity index (χ0) is 15.2. The quantitative estimate of drug-likeness (QED) is 0.693. The lowest BCUT2D eigenvalue weighted by molar-refractivity contribution is -0.455. The number of hydrogen-bond donors (Lipinski definition) is 0. The molecule has 0 saturated carbocycles. The van der Waals surface area contributed by atoms with Gasteiger partial charge < -0.3 is 0 Å². The molecule has 0 aliphatic rings. The van der Waals surface area contributed by atoms with Crippen LogP contribution in [0.4, 0.5) is 48.3 Å². The molecule has 1 radical (unpaired) electrons. The maximum absolute atomic E-state index is 12.5. The fraction of sp³-hybridized carbons (Fsp3) is 1.00. The van der Waals surface area contributed by atoms with Gasteiger partial charge >= 0.3 is 24.5 Å². The molecule has 0 fully saturated rings. The average molecular weight is 299 g/mol. The van der Waals surface area contributed by atoms with Crippen molar-refractivity contribution in [1.82, 2.24) is 0 Å². The summed E-state index contributed by atoms with van der Waals surface area (Å²) in [7, 11) is 0. The third-order valence-electron chi connectivity index (χ3n) is 2.08. The smallest absolute Gasteiger partial charge is 0.235 e. The van der Waals surface area contributed by atoms with Crippen LogP contribution in [0.15, 0.2) is 0 Å². The van der Waals surface area contributed by atoms with E-state index in [-0.39, 0.29) is 0 Å². The van der Waals surface area contributed by atoms with Crippen LogP contribution in [0.25, 0.3) is 0 Å². The van der Waals surface area contributed by atoms with Gasteiger partial charge in [-0.2, -0.15) is 48.3 Å². The van der Waals surface area contributed by atoms with Crippen LogP contribution >= 0.6 is 0 Å². The summed E-state index contributed by atoms with van der Waals surface area (Å²) in [5.41, 5.74) is -6.72. The molecule has 0 unspecified atom stereocenters. The van der Waals surface area contributed by atoms with Crippen molar-refractivity contribution in [3.8, 4) is 0 Å². The first-order chi connectivity index (χ1) is 7.56. The summed E-state index contributed by atoms with van der Waals surface area (Å²) in [5.74, 6) is -7.29. The predicted octanol–water partition coefficient (Wildman–Crippen LogP) is 3.73. The van der Waals surface area contributed by atoms with Crippen molar-refractivity contribution >= 4 is 0 Å². The molecular weight excluding hydrogens is 297 g/mol. The van der Waals surface area contributed by atoms with E-state index in [0.29, 0.717) is 0 Å². The minimum atomic E-state index is -7.29. The highest BCUT2D eigenvalue weighted by atomic mass is 19.4. The molecule has 0 aromatic heterocycles. The Balaban J connectivity index is 6.27. The molecule has 18 heavy (non-hydrogen) atoms. The van der Waals surface area contributed by atoms with Gasteiger partial charge in [-0.05, 0) is 0 Å². The highest BCUT2D eigenvalue weighted by Crippen LogP contribution is 2.62. The van der Waals surface area contributed by atoms with Gasteiger partial charge in [-0.25, -0.2) is 5.11 Å². The first kappa shape index (κ1) is 17.2. The van der Waals surface area contributed by atoms with Crippen LogP contribution in [-0.2, 0) is 5.11 Å². The monoisotopic (exact) mass is 299 g/mol. The Morgan fingerprint density at radius 3 is 0.889 bits per heavy atom. The Hall–Kier alpha value is -0.810. The van der Waals surface area contributed by atoms with Crippen molar-refractivity contribution in [1.29, 1.82) is 0 Å². The summed E-state index contributed by atoms with van der Waals surface area (Å²) >= 11 is 0. The maximum atomic E-state index is 12.5. The second-order valence-corrected chi connectivity index (χ2v) is 3.12. The van der Waals surface area contributed by atoms with Crippen LogP contribution in [0.3, 0.4) is 0 Å². The van der Waals surface area contributed by atoms with E-state index in [4.69, 9.17) is 0 Å². The summed E-state index contributed by atoms with van der Waals surface area (Å²) in [6.07, 6.45) is -21.4. The molecular formula is C6H2F11O. The predicted molar refractivity (Wildman–Crippen MR) is 31.1 cm³/mol. The van der Waals surface area contributed by atoms with Crippen molar-refractivity contribution in [2.24, 2.45) is 5.41 Å². The van der Waals surface area contributed by atoms with Gasteiger partial charge in [-0.3, -0.25) is 0 Å². The van der Waals surface area contributed by atoms with Crippen LogP contribution in [0.2, 0.25) is 0 Å². The molecule has 0 N–H and O–H groups in total. The molecule has 0 heterocycles. The molecule has 0 aliphatic carbocycles. The number of halogens is 11. The summed E-state index contributed by atoms with van der Waals surface area (Å²) in [5, 5.41) is 9.92. The first-order valence-electron chi connectivity index (χ1n) is 3.72. The highest BCUT2D eigenvalue weighted by Gasteiger charge is 2.89. The van der Waals surface area contributed by atoms with E-state index in [1.54, 1.807) is 0 Å². The Morgan fingerprint density at radius 2 is 0.833 bits per heavy atom. The van der Waals surface area contributed by atoms with Crippen LogP contribution in [-0.4, -0.2) is 31.1 Å². The topological polar surface area (TPSA) is 19.9 Å². The number of alkyl halides is 11. The Morgan fingerprint density at radius 1 is 0.556 bits per heavy atom. The number of hydrogen-bond acceptors (Lipinski definition) is 0. The van der Waals surface area contributed by atoms with Gasteiger partial charge in [0, 0.05) is 0 Å². The van der Waals surface area contributed by atoms with Gasteiger partial charge in [-0.1, -0.05) is 0 Å². The second kappa shape index (κ2) is 4.10. The molecule has 12 heteroatoms. The van der Waals surface area contributed by atoms with E-state index < -0.39 is 36.5 Å². The van der Waals surface area contributed by atoms with Crippen LogP contribution in [0.1, 0.15) is 0 Å². The molecule has 0 spiro atoms. The molecule has 0 rings (SSSR count). The Kier molecular flexibility index (Phi) is 3.91. The Bertz CT molecular complexity index is 280. The van der Waals surface area contributed by atoms with Crippen molar-refractivity contribution in [3.63, 3.8) is 0 Å². The molecule has 0 bridgehead atoms. The van der Waals surface area contributed by atoms with Crippen LogP contribution < -0.4 is 0 Å². The highest BCUT2D eigenvalue weighted by molar-refractivity contribution is 5.06. The van der Waals surface area contributed by atoms with E-state index in [0.717, 1.165) is 0 Å². The minimum Gasteiger partial charge on any atom is -0.235 e. The maximum Gasteiger partial charge on any atom is 0.454 e. The lowest BCUT2D eigenvalue weighted by Gasteiger charge is -2.40. The molecule has 0 amide bonds. The normalized spacial score (nSPS) is 16.0. The third kappa shape index (κ3) is 2.10. The summed E-state index contributed by atoms with van der Waals surface area (Å²) in [6.45, 7) is -3.74. The van der Waals surface area contributed by atoms with E-state index in [1.807, 2.05) is 0 Å². The van der Waals surface area contributed by atoms with Crippen molar-refractivity contribution in [2.45, 2.75) is 24.5 Å². The standard InChI is InChI=1S/C6H2F11O/c7-3(8,6(15,16)17)2(1-18,4(9,10)11)5(12,13)14/h1H2. The van der Waals surface area contributed by atoms with Crippen LogP contribution in [0.5, 0.6) is 0 Å².